The van der Waals surface area contributed by atoms with Crippen molar-refractivity contribution >= 4 is 11.3 Å². The molecular formula is C16H19NO2S. The average molecular weight is 289 g/mol. The van der Waals surface area contributed by atoms with Crippen molar-refractivity contribution in [2.24, 2.45) is 0 Å². The summed E-state index contributed by atoms with van der Waals surface area (Å²) in [6.45, 7) is 1.80. The molecule has 0 saturated carbocycles. The molecule has 1 N–H and O–H groups in total. The topological polar surface area (TPSA) is 30.5 Å². The fourth-order valence-corrected chi connectivity index (χ4v) is 3.12. The molecule has 0 aliphatic carbocycles. The Labute approximate surface area is 123 Å². The highest BCUT2D eigenvalue weighted by Crippen LogP contribution is 2.31. The van der Waals surface area contributed by atoms with Gasteiger partial charge in [-0.05, 0) is 35.9 Å². The summed E-state index contributed by atoms with van der Waals surface area (Å²) in [5.74, 6) is 1.83. The van der Waals surface area contributed by atoms with Gasteiger partial charge in [0.05, 0.1) is 7.11 Å². The van der Waals surface area contributed by atoms with E-state index in [9.17, 15) is 0 Å². The molecule has 0 bridgehead atoms. The predicted octanol–water partition coefficient (Wildman–Crippen LogP) is 3.24. The van der Waals surface area contributed by atoms with Crippen molar-refractivity contribution < 1.29 is 9.47 Å². The van der Waals surface area contributed by atoms with Crippen LogP contribution in [0.15, 0.2) is 35.7 Å². The van der Waals surface area contributed by atoms with Crippen LogP contribution in [-0.2, 0) is 13.0 Å². The first-order valence-electron chi connectivity index (χ1n) is 6.92. The molecule has 2 aromatic rings. The van der Waals surface area contributed by atoms with Gasteiger partial charge < -0.3 is 14.8 Å². The van der Waals surface area contributed by atoms with E-state index in [2.05, 4.69) is 28.9 Å². The van der Waals surface area contributed by atoms with Gasteiger partial charge in [-0.3, -0.25) is 0 Å². The van der Waals surface area contributed by atoms with E-state index in [1.165, 1.54) is 10.4 Å². The maximum absolute atomic E-state index is 6.05. The smallest absolute Gasteiger partial charge is 0.126 e. The number of thiophene rings is 1. The summed E-state index contributed by atoms with van der Waals surface area (Å²) in [6, 6.07) is 10.3. The second-order valence-electron chi connectivity index (χ2n) is 4.96. The summed E-state index contributed by atoms with van der Waals surface area (Å²) < 4.78 is 11.3. The molecule has 0 saturated heterocycles. The molecule has 3 rings (SSSR count). The number of methoxy groups -OCH3 is 1. The number of benzene rings is 1. The molecule has 0 amide bonds. The Bertz CT molecular complexity index is 554. The van der Waals surface area contributed by atoms with E-state index >= 15 is 0 Å². The Kier molecular flexibility index (Phi) is 4.23. The molecule has 1 aliphatic rings. The quantitative estimate of drug-likeness (QED) is 0.916. The van der Waals surface area contributed by atoms with Crippen molar-refractivity contribution in [2.45, 2.75) is 25.5 Å². The molecule has 20 heavy (non-hydrogen) atoms. The minimum atomic E-state index is 0.245. The van der Waals surface area contributed by atoms with E-state index < -0.39 is 0 Å². The summed E-state index contributed by atoms with van der Waals surface area (Å²) in [5, 5.41) is 5.58. The Morgan fingerprint density at radius 1 is 1.40 bits per heavy atom. The molecule has 1 atom stereocenters. The first kappa shape index (κ1) is 13.5. The minimum Gasteiger partial charge on any atom is -0.497 e. The van der Waals surface area contributed by atoms with Crippen LogP contribution in [0, 0.1) is 0 Å². The van der Waals surface area contributed by atoms with Crippen LogP contribution in [0.25, 0.3) is 0 Å². The van der Waals surface area contributed by atoms with Crippen molar-refractivity contribution in [1.82, 2.24) is 5.32 Å². The maximum atomic E-state index is 6.05. The fraction of sp³-hybridized carbons (Fsp3) is 0.375. The second kappa shape index (κ2) is 6.29. The van der Waals surface area contributed by atoms with E-state index in [1.54, 1.807) is 18.4 Å². The van der Waals surface area contributed by atoms with Crippen molar-refractivity contribution in [3.8, 4) is 11.5 Å². The molecule has 4 heteroatoms. The molecule has 1 aromatic carbocycles. The summed E-state index contributed by atoms with van der Waals surface area (Å²) >= 11 is 1.78. The summed E-state index contributed by atoms with van der Waals surface area (Å²) in [6.07, 6.45) is 2.39. The van der Waals surface area contributed by atoms with Gasteiger partial charge in [-0.15, -0.1) is 11.3 Å². The molecule has 0 fully saturated rings. The minimum absolute atomic E-state index is 0.245. The number of ether oxygens (including phenoxy) is 2. The normalized spacial score (nSPS) is 17.4. The Hall–Kier alpha value is -1.52. The van der Waals surface area contributed by atoms with E-state index in [0.717, 1.165) is 37.4 Å². The lowest BCUT2D eigenvalue weighted by Gasteiger charge is -2.26. The van der Waals surface area contributed by atoms with Crippen LogP contribution in [0.2, 0.25) is 0 Å². The van der Waals surface area contributed by atoms with Crippen LogP contribution in [0.4, 0.5) is 0 Å². The lowest BCUT2D eigenvalue weighted by molar-refractivity contribution is 0.169. The summed E-state index contributed by atoms with van der Waals surface area (Å²) in [7, 11) is 1.69. The zero-order valence-electron chi connectivity index (χ0n) is 11.6. The van der Waals surface area contributed by atoms with E-state index in [4.69, 9.17) is 9.47 Å². The molecule has 1 aromatic heterocycles. The van der Waals surface area contributed by atoms with Crippen LogP contribution in [-0.4, -0.2) is 19.8 Å². The van der Waals surface area contributed by atoms with Gasteiger partial charge in [0.2, 0.25) is 0 Å². The van der Waals surface area contributed by atoms with Crippen molar-refractivity contribution in [3.05, 3.63) is 46.2 Å². The molecule has 2 heterocycles. The van der Waals surface area contributed by atoms with Crippen molar-refractivity contribution in [3.63, 3.8) is 0 Å². The molecule has 0 unspecified atom stereocenters. The van der Waals surface area contributed by atoms with E-state index in [1.807, 2.05) is 12.1 Å². The standard InChI is InChI=1S/C16H19NO2S/c1-18-13-6-4-12-5-7-14(19-16(12)9-13)10-17-11-15-3-2-8-20-15/h2-4,6,8-9,14,17H,5,7,10-11H2,1H3/t14-/m1/s1. The Balaban J connectivity index is 1.55. The van der Waals surface area contributed by atoms with Gasteiger partial charge in [0.25, 0.3) is 0 Å². The molecule has 3 nitrogen and oxygen atoms in total. The van der Waals surface area contributed by atoms with Gasteiger partial charge in [-0.1, -0.05) is 12.1 Å². The maximum Gasteiger partial charge on any atom is 0.126 e. The van der Waals surface area contributed by atoms with E-state index in [0.29, 0.717) is 0 Å². The Morgan fingerprint density at radius 3 is 3.15 bits per heavy atom. The highest BCUT2D eigenvalue weighted by atomic mass is 32.1. The summed E-state index contributed by atoms with van der Waals surface area (Å²) in [5.41, 5.74) is 1.28. The first-order valence-corrected chi connectivity index (χ1v) is 7.80. The van der Waals surface area contributed by atoms with Crippen LogP contribution >= 0.6 is 11.3 Å². The van der Waals surface area contributed by atoms with Crippen LogP contribution in [0.3, 0.4) is 0 Å². The van der Waals surface area contributed by atoms with Gasteiger partial charge in [-0.25, -0.2) is 0 Å². The molecule has 0 radical (unpaired) electrons. The number of aryl methyl sites for hydroxylation is 1. The molecular weight excluding hydrogens is 270 g/mol. The second-order valence-corrected chi connectivity index (χ2v) is 5.99. The lowest BCUT2D eigenvalue weighted by Crippen LogP contribution is -2.33. The number of rotatable bonds is 5. The van der Waals surface area contributed by atoms with Crippen LogP contribution < -0.4 is 14.8 Å². The monoisotopic (exact) mass is 289 g/mol. The van der Waals surface area contributed by atoms with Crippen molar-refractivity contribution in [2.75, 3.05) is 13.7 Å². The highest BCUT2D eigenvalue weighted by molar-refractivity contribution is 7.09. The molecule has 1 aliphatic heterocycles. The third-order valence-electron chi connectivity index (χ3n) is 3.55. The lowest BCUT2D eigenvalue weighted by atomic mass is 10.0. The SMILES string of the molecule is COc1ccc2c(c1)O[C@@H](CNCc1cccs1)CC2. The van der Waals surface area contributed by atoms with Gasteiger partial charge in [0.15, 0.2) is 0 Å². The predicted molar refractivity (Wildman–Crippen MR) is 81.8 cm³/mol. The van der Waals surface area contributed by atoms with Gasteiger partial charge in [-0.2, -0.15) is 0 Å². The number of hydrogen-bond acceptors (Lipinski definition) is 4. The highest BCUT2D eigenvalue weighted by Gasteiger charge is 2.19. The third kappa shape index (κ3) is 3.14. The fourth-order valence-electron chi connectivity index (χ4n) is 2.45. The van der Waals surface area contributed by atoms with Gasteiger partial charge in [0, 0.05) is 24.0 Å². The summed E-state index contributed by atoms with van der Waals surface area (Å²) in [4.78, 5) is 1.36. The molecule has 106 valence electrons. The number of hydrogen-bond donors (Lipinski definition) is 1. The zero-order chi connectivity index (χ0) is 13.8. The van der Waals surface area contributed by atoms with Crippen LogP contribution in [0.1, 0.15) is 16.9 Å². The third-order valence-corrected chi connectivity index (χ3v) is 4.43. The largest absolute Gasteiger partial charge is 0.497 e. The van der Waals surface area contributed by atoms with Crippen molar-refractivity contribution in [1.29, 1.82) is 0 Å². The van der Waals surface area contributed by atoms with Crippen LogP contribution in [0.5, 0.6) is 11.5 Å². The van der Waals surface area contributed by atoms with E-state index in [-0.39, 0.29) is 6.10 Å². The van der Waals surface area contributed by atoms with Gasteiger partial charge in [0.1, 0.15) is 17.6 Å². The zero-order valence-corrected chi connectivity index (χ0v) is 12.4. The Morgan fingerprint density at radius 2 is 2.35 bits per heavy atom. The average Bonchev–Trinajstić information content (AvgIpc) is 3.00. The van der Waals surface area contributed by atoms with Gasteiger partial charge >= 0.3 is 0 Å². The number of fused-ring (bicyclic) bond motifs is 1. The number of nitrogens with one attached hydrogen (secondary N) is 1. The molecule has 0 spiro atoms. The first-order chi connectivity index (χ1) is 9.85.